The molecule has 1 aromatic heterocycles. The maximum absolute atomic E-state index is 12.0. The summed E-state index contributed by atoms with van der Waals surface area (Å²) in [6, 6.07) is 11.5. The van der Waals surface area contributed by atoms with Crippen molar-refractivity contribution in [3.05, 3.63) is 59.4 Å². The molecule has 2 aromatic rings. The lowest BCUT2D eigenvalue weighted by atomic mass is 10.0. The zero-order valence-corrected chi connectivity index (χ0v) is 13.0. The van der Waals surface area contributed by atoms with E-state index in [0.717, 1.165) is 6.42 Å². The van der Waals surface area contributed by atoms with Gasteiger partial charge in [-0.2, -0.15) is 0 Å². The zero-order chi connectivity index (χ0) is 14.5. The number of amides is 1. The average Bonchev–Trinajstić information content (AvgIpc) is 2.42. The number of aromatic nitrogens is 1. The third kappa shape index (κ3) is 4.76. The van der Waals surface area contributed by atoms with Crippen LogP contribution in [0.15, 0.2) is 42.6 Å². The van der Waals surface area contributed by atoms with Crippen LogP contribution in [-0.4, -0.2) is 16.9 Å². The Balaban J connectivity index is 0.00000220. The third-order valence-corrected chi connectivity index (χ3v) is 3.18. The Hall–Kier alpha value is -2.07. The summed E-state index contributed by atoms with van der Waals surface area (Å²) in [7, 11) is 0. The predicted molar refractivity (Wildman–Crippen MR) is 87.7 cm³/mol. The van der Waals surface area contributed by atoms with Gasteiger partial charge in [-0.3, -0.25) is 4.79 Å². The second-order valence-electron chi connectivity index (χ2n) is 4.98. The van der Waals surface area contributed by atoms with Crippen molar-refractivity contribution in [1.29, 1.82) is 0 Å². The first kappa shape index (κ1) is 17.0. The van der Waals surface area contributed by atoms with Gasteiger partial charge >= 0.3 is 0 Å². The molecule has 0 bridgehead atoms. The van der Waals surface area contributed by atoms with Crippen molar-refractivity contribution in [1.82, 2.24) is 10.3 Å². The highest BCUT2D eigenvalue weighted by Crippen LogP contribution is 2.10. The Morgan fingerprint density at radius 3 is 2.62 bits per heavy atom. The molecule has 21 heavy (non-hydrogen) atoms. The molecular formula is C16H20ClN3O. The molecule has 2 rings (SSSR count). The molecule has 112 valence electrons. The number of benzene rings is 1. The van der Waals surface area contributed by atoms with E-state index < -0.39 is 0 Å². The Bertz CT molecular complexity index is 599. The first-order valence-electron chi connectivity index (χ1n) is 6.63. The van der Waals surface area contributed by atoms with Crippen molar-refractivity contribution in [2.75, 3.05) is 5.73 Å². The monoisotopic (exact) mass is 305 g/mol. The molecule has 0 aliphatic heterocycles. The van der Waals surface area contributed by atoms with Crippen LogP contribution < -0.4 is 11.1 Å². The SMILES string of the molecule is Cc1ccccc1CC(C)NC(=O)c1ccc(N)cn1.Cl. The van der Waals surface area contributed by atoms with E-state index in [2.05, 4.69) is 29.4 Å². The van der Waals surface area contributed by atoms with Crippen molar-refractivity contribution >= 4 is 24.0 Å². The van der Waals surface area contributed by atoms with Crippen molar-refractivity contribution in [3.8, 4) is 0 Å². The van der Waals surface area contributed by atoms with Gasteiger partial charge in [0, 0.05) is 6.04 Å². The molecule has 0 aliphatic carbocycles. The van der Waals surface area contributed by atoms with Crippen molar-refractivity contribution in [3.63, 3.8) is 0 Å². The van der Waals surface area contributed by atoms with Gasteiger partial charge in [-0.15, -0.1) is 12.4 Å². The number of nitrogens with one attached hydrogen (secondary N) is 1. The molecule has 0 saturated carbocycles. The number of hydrogen-bond donors (Lipinski definition) is 2. The van der Waals surface area contributed by atoms with Crippen LogP contribution in [0.25, 0.3) is 0 Å². The smallest absolute Gasteiger partial charge is 0.270 e. The highest BCUT2D eigenvalue weighted by Gasteiger charge is 2.12. The van der Waals surface area contributed by atoms with E-state index in [9.17, 15) is 4.79 Å². The van der Waals surface area contributed by atoms with Crippen LogP contribution >= 0.6 is 12.4 Å². The molecule has 1 aromatic carbocycles. The molecule has 0 saturated heterocycles. The van der Waals surface area contributed by atoms with Gasteiger partial charge in [0.05, 0.1) is 11.9 Å². The van der Waals surface area contributed by atoms with E-state index in [1.54, 1.807) is 12.1 Å². The van der Waals surface area contributed by atoms with E-state index in [4.69, 9.17) is 5.73 Å². The summed E-state index contributed by atoms with van der Waals surface area (Å²) in [5.74, 6) is -0.175. The Morgan fingerprint density at radius 1 is 1.29 bits per heavy atom. The molecule has 3 N–H and O–H groups in total. The van der Waals surface area contributed by atoms with E-state index in [1.165, 1.54) is 17.3 Å². The normalized spacial score (nSPS) is 11.3. The van der Waals surface area contributed by atoms with Gasteiger partial charge in [0.15, 0.2) is 0 Å². The molecule has 0 fully saturated rings. The fraction of sp³-hybridized carbons (Fsp3) is 0.250. The summed E-state index contributed by atoms with van der Waals surface area (Å²) in [5.41, 5.74) is 8.96. The molecule has 1 unspecified atom stereocenters. The van der Waals surface area contributed by atoms with Gasteiger partial charge in [-0.1, -0.05) is 24.3 Å². The van der Waals surface area contributed by atoms with Crippen LogP contribution in [0.2, 0.25) is 0 Å². The van der Waals surface area contributed by atoms with Crippen LogP contribution in [-0.2, 0) is 6.42 Å². The van der Waals surface area contributed by atoms with Gasteiger partial charge < -0.3 is 11.1 Å². The number of hydrogen-bond acceptors (Lipinski definition) is 3. The fourth-order valence-corrected chi connectivity index (χ4v) is 2.06. The molecule has 1 atom stereocenters. The van der Waals surface area contributed by atoms with Gasteiger partial charge in [0.2, 0.25) is 0 Å². The second kappa shape index (κ2) is 7.64. The lowest BCUT2D eigenvalue weighted by Gasteiger charge is -2.15. The number of nitrogens with two attached hydrogens (primary N) is 1. The lowest BCUT2D eigenvalue weighted by molar-refractivity contribution is 0.0935. The molecule has 0 aliphatic rings. The Kier molecular flexibility index (Phi) is 6.18. The van der Waals surface area contributed by atoms with Gasteiger partial charge in [0.1, 0.15) is 5.69 Å². The van der Waals surface area contributed by atoms with Gasteiger partial charge in [-0.25, -0.2) is 4.98 Å². The van der Waals surface area contributed by atoms with E-state index in [0.29, 0.717) is 11.4 Å². The van der Waals surface area contributed by atoms with Crippen LogP contribution in [0.5, 0.6) is 0 Å². The highest BCUT2D eigenvalue weighted by atomic mass is 35.5. The molecule has 4 nitrogen and oxygen atoms in total. The Morgan fingerprint density at radius 2 is 2.00 bits per heavy atom. The number of rotatable bonds is 4. The first-order chi connectivity index (χ1) is 9.56. The van der Waals surface area contributed by atoms with E-state index in [1.807, 2.05) is 19.1 Å². The van der Waals surface area contributed by atoms with E-state index >= 15 is 0 Å². The van der Waals surface area contributed by atoms with Crippen LogP contribution in [0.1, 0.15) is 28.5 Å². The molecule has 5 heteroatoms. The number of carbonyl (C=O) groups excluding carboxylic acids is 1. The zero-order valence-electron chi connectivity index (χ0n) is 12.2. The predicted octanol–water partition coefficient (Wildman–Crippen LogP) is 2.76. The number of anilines is 1. The first-order valence-corrected chi connectivity index (χ1v) is 6.63. The summed E-state index contributed by atoms with van der Waals surface area (Å²) in [5, 5.41) is 2.95. The highest BCUT2D eigenvalue weighted by molar-refractivity contribution is 5.92. The van der Waals surface area contributed by atoms with Gasteiger partial charge in [-0.05, 0) is 43.5 Å². The van der Waals surface area contributed by atoms with Gasteiger partial charge in [0.25, 0.3) is 5.91 Å². The standard InChI is InChI=1S/C16H19N3O.ClH/c1-11-5-3-4-6-13(11)9-12(2)19-16(20)15-8-7-14(17)10-18-15;/h3-8,10,12H,9,17H2,1-2H3,(H,19,20);1H. The van der Waals surface area contributed by atoms with Crippen molar-refractivity contribution in [2.24, 2.45) is 0 Å². The summed E-state index contributed by atoms with van der Waals surface area (Å²) in [4.78, 5) is 16.0. The Labute approximate surface area is 131 Å². The number of aryl methyl sites for hydroxylation is 1. The summed E-state index contributed by atoms with van der Waals surface area (Å²) in [6.45, 7) is 4.06. The fourth-order valence-electron chi connectivity index (χ4n) is 2.06. The number of halogens is 1. The van der Waals surface area contributed by atoms with Crippen molar-refractivity contribution < 1.29 is 4.79 Å². The molecule has 0 spiro atoms. The summed E-state index contributed by atoms with van der Waals surface area (Å²) in [6.07, 6.45) is 2.29. The largest absolute Gasteiger partial charge is 0.397 e. The number of pyridine rings is 1. The number of nitrogen functional groups attached to an aromatic ring is 1. The summed E-state index contributed by atoms with van der Waals surface area (Å²) >= 11 is 0. The quantitative estimate of drug-likeness (QED) is 0.912. The molecule has 0 radical (unpaired) electrons. The van der Waals surface area contributed by atoms with Crippen LogP contribution in [0.3, 0.4) is 0 Å². The average molecular weight is 306 g/mol. The minimum Gasteiger partial charge on any atom is -0.397 e. The lowest BCUT2D eigenvalue weighted by Crippen LogP contribution is -2.34. The van der Waals surface area contributed by atoms with Crippen LogP contribution in [0.4, 0.5) is 5.69 Å². The molecule has 1 amide bonds. The van der Waals surface area contributed by atoms with Crippen molar-refractivity contribution in [2.45, 2.75) is 26.3 Å². The maximum atomic E-state index is 12.0. The molecule has 1 heterocycles. The summed E-state index contributed by atoms with van der Waals surface area (Å²) < 4.78 is 0. The topological polar surface area (TPSA) is 68.0 Å². The minimum atomic E-state index is -0.175. The van der Waals surface area contributed by atoms with Crippen LogP contribution in [0, 0.1) is 6.92 Å². The maximum Gasteiger partial charge on any atom is 0.270 e. The number of nitrogens with zero attached hydrogens (tertiary/aromatic N) is 1. The second-order valence-corrected chi connectivity index (χ2v) is 4.98. The van der Waals surface area contributed by atoms with E-state index in [-0.39, 0.29) is 24.4 Å². The number of carbonyl (C=O) groups is 1. The minimum absolute atomic E-state index is 0. The molecular weight excluding hydrogens is 286 g/mol. The third-order valence-electron chi connectivity index (χ3n) is 3.18.